The topological polar surface area (TPSA) is 0 Å². The zero-order valence-corrected chi connectivity index (χ0v) is 12.7. The van der Waals surface area contributed by atoms with Crippen LogP contribution in [0.3, 0.4) is 0 Å². The van der Waals surface area contributed by atoms with Gasteiger partial charge in [0.05, 0.1) is 0 Å². The zero-order chi connectivity index (χ0) is 0. The summed E-state index contributed by atoms with van der Waals surface area (Å²) < 4.78 is 0. The smallest absolute Gasteiger partial charge is 1.00 e. The molecule has 0 aromatic heterocycles. The van der Waals surface area contributed by atoms with Gasteiger partial charge >= 0.3 is 82.2 Å². The van der Waals surface area contributed by atoms with Gasteiger partial charge in [0.25, 0.3) is 0 Å². The maximum absolute atomic E-state index is 0. The maximum Gasteiger partial charge on any atom is 2.00 e. The molecule has 0 aliphatic carbocycles. The van der Waals surface area contributed by atoms with Gasteiger partial charge in [0.15, 0.2) is 0 Å². The van der Waals surface area contributed by atoms with Crippen LogP contribution in [0.5, 0.6) is 0 Å². The minimum Gasteiger partial charge on any atom is -1.00 e. The molecule has 0 unspecified atom stereocenters. The van der Waals surface area contributed by atoms with Crippen molar-refractivity contribution in [3.05, 3.63) is 0 Å². The molecule has 0 atom stereocenters. The van der Waals surface area contributed by atoms with Gasteiger partial charge < -0.3 is 49.6 Å². The number of rotatable bonds is 0. The predicted octanol–water partition coefficient (Wildman–Crippen LogP) is -18.4. The van der Waals surface area contributed by atoms with Crippen molar-refractivity contribution in [2.24, 2.45) is 0 Å². The molecule has 0 nitrogen and oxygen atoms in total. The fourth-order valence-electron chi connectivity index (χ4n) is 0. The van der Waals surface area contributed by atoms with Crippen LogP contribution in [0.2, 0.25) is 0 Å². The fourth-order valence-corrected chi connectivity index (χ4v) is 0. The minimum atomic E-state index is 0. The molecule has 7 heteroatoms. The second-order valence-corrected chi connectivity index (χ2v) is 0. The largest absolute Gasteiger partial charge is 2.00 e. The Balaban J connectivity index is 0. The van der Waals surface area contributed by atoms with Crippen molar-refractivity contribution in [3.8, 4) is 0 Å². The van der Waals surface area contributed by atoms with Crippen LogP contribution in [-0.4, -0.2) is 23.1 Å². The molecule has 0 aromatic carbocycles. The molecule has 0 saturated carbocycles. The normalized spacial score (nSPS) is 0. The Bertz CT molecular complexity index is 9.65. The Labute approximate surface area is 129 Å². The van der Waals surface area contributed by atoms with Crippen LogP contribution >= 0.6 is 0 Å². The van der Waals surface area contributed by atoms with Crippen molar-refractivity contribution in [3.63, 3.8) is 0 Å². The molecule has 0 aromatic rings. The van der Waals surface area contributed by atoms with E-state index in [9.17, 15) is 0 Å². The van der Waals surface area contributed by atoms with Gasteiger partial charge in [-0.25, -0.2) is 0 Å². The van der Waals surface area contributed by atoms with Gasteiger partial charge in [-0.1, -0.05) is 0 Å². The SMILES string of the molecule is [Cl-].[Cl-].[Cl-].[Cl-].[Mg+2].[Na+].[Na+]. The van der Waals surface area contributed by atoms with Gasteiger partial charge in [-0.15, -0.1) is 0 Å². The summed E-state index contributed by atoms with van der Waals surface area (Å²) in [4.78, 5) is 0. The van der Waals surface area contributed by atoms with Crippen molar-refractivity contribution in [2.45, 2.75) is 0 Å². The Morgan fingerprint density at radius 1 is 0.429 bits per heavy atom. The third-order valence-corrected chi connectivity index (χ3v) is 0. The van der Waals surface area contributed by atoms with Crippen LogP contribution in [0.1, 0.15) is 0 Å². The Morgan fingerprint density at radius 3 is 0.429 bits per heavy atom. The molecule has 0 fully saturated rings. The first-order valence-electron chi connectivity index (χ1n) is 0. The molecule has 0 bridgehead atoms. The quantitative estimate of drug-likeness (QED) is 0.350. The van der Waals surface area contributed by atoms with Crippen LogP contribution in [0, 0.1) is 0 Å². The summed E-state index contributed by atoms with van der Waals surface area (Å²) >= 11 is 0. The summed E-state index contributed by atoms with van der Waals surface area (Å²) in [5.41, 5.74) is 0. The van der Waals surface area contributed by atoms with E-state index in [1.165, 1.54) is 0 Å². The molecular weight excluding hydrogens is 212 g/mol. The van der Waals surface area contributed by atoms with Crippen LogP contribution in [0.15, 0.2) is 0 Å². The molecule has 0 aliphatic rings. The molecule has 0 amide bonds. The first kappa shape index (κ1) is 69.8. The first-order chi connectivity index (χ1) is 0. The van der Waals surface area contributed by atoms with E-state index in [2.05, 4.69) is 0 Å². The molecule has 0 N–H and O–H groups in total. The van der Waals surface area contributed by atoms with Gasteiger partial charge in [0.2, 0.25) is 0 Å². The molecular formula is Cl4MgNa2. The summed E-state index contributed by atoms with van der Waals surface area (Å²) in [6.45, 7) is 0. The van der Waals surface area contributed by atoms with Crippen LogP contribution < -0.4 is 109 Å². The van der Waals surface area contributed by atoms with E-state index in [-0.39, 0.29) is 132 Å². The van der Waals surface area contributed by atoms with Crippen molar-refractivity contribution in [2.75, 3.05) is 0 Å². The molecule has 7 heavy (non-hydrogen) atoms. The minimum absolute atomic E-state index is 0. The first-order valence-corrected chi connectivity index (χ1v) is 0. The monoisotopic (exact) mass is 210 g/mol. The Kier molecular flexibility index (Phi) is 512. The van der Waals surface area contributed by atoms with Crippen molar-refractivity contribution < 1.29 is 109 Å². The van der Waals surface area contributed by atoms with Crippen molar-refractivity contribution >= 4 is 23.1 Å². The average molecular weight is 212 g/mol. The van der Waals surface area contributed by atoms with E-state index in [0.717, 1.165) is 0 Å². The summed E-state index contributed by atoms with van der Waals surface area (Å²) in [5, 5.41) is 0. The van der Waals surface area contributed by atoms with E-state index in [4.69, 9.17) is 0 Å². The van der Waals surface area contributed by atoms with Gasteiger partial charge in [0.1, 0.15) is 0 Å². The van der Waals surface area contributed by atoms with Gasteiger partial charge in [0, 0.05) is 0 Å². The van der Waals surface area contributed by atoms with Crippen LogP contribution in [-0.2, 0) is 0 Å². The summed E-state index contributed by atoms with van der Waals surface area (Å²) in [7, 11) is 0. The average Bonchev–Trinajstić information content (AvgIpc) is 0. The summed E-state index contributed by atoms with van der Waals surface area (Å²) in [5.74, 6) is 0. The molecule has 0 rings (SSSR count). The maximum atomic E-state index is 0. The number of hydrogen-bond donors (Lipinski definition) is 0. The van der Waals surface area contributed by atoms with Crippen LogP contribution in [0.25, 0.3) is 0 Å². The number of hydrogen-bond acceptors (Lipinski definition) is 0. The number of halogens is 4. The van der Waals surface area contributed by atoms with E-state index in [1.54, 1.807) is 0 Å². The molecule has 0 radical (unpaired) electrons. The second kappa shape index (κ2) is 51.3. The van der Waals surface area contributed by atoms with Crippen LogP contribution in [0.4, 0.5) is 0 Å². The van der Waals surface area contributed by atoms with Gasteiger partial charge in [-0.3, -0.25) is 0 Å². The third-order valence-electron chi connectivity index (χ3n) is 0. The molecule has 32 valence electrons. The van der Waals surface area contributed by atoms with Crippen molar-refractivity contribution in [1.82, 2.24) is 0 Å². The van der Waals surface area contributed by atoms with E-state index < -0.39 is 0 Å². The fraction of sp³-hybridized carbons (Fsp3) is 0. The van der Waals surface area contributed by atoms with E-state index >= 15 is 0 Å². The van der Waals surface area contributed by atoms with Gasteiger partial charge in [-0.05, 0) is 0 Å². The summed E-state index contributed by atoms with van der Waals surface area (Å²) in [6, 6.07) is 0. The molecule has 0 heterocycles. The van der Waals surface area contributed by atoms with E-state index in [0.29, 0.717) is 0 Å². The third kappa shape index (κ3) is 40.5. The Morgan fingerprint density at radius 2 is 0.429 bits per heavy atom. The predicted molar refractivity (Wildman–Crippen MR) is 5.75 cm³/mol. The standard InChI is InChI=1S/4ClH.Mg.2Na/h4*1H;;;/q;;;;+2;2*+1/p-4. The Hall–Kier alpha value is 3.93. The molecule has 0 spiro atoms. The molecule has 0 aliphatic heterocycles. The second-order valence-electron chi connectivity index (χ2n) is 0. The molecule has 0 saturated heterocycles. The van der Waals surface area contributed by atoms with Crippen molar-refractivity contribution in [1.29, 1.82) is 0 Å². The van der Waals surface area contributed by atoms with Gasteiger partial charge in [-0.2, -0.15) is 0 Å². The zero-order valence-electron chi connectivity index (χ0n) is 4.22. The summed E-state index contributed by atoms with van der Waals surface area (Å²) in [6.07, 6.45) is 0. The van der Waals surface area contributed by atoms with E-state index in [1.807, 2.05) is 0 Å².